The predicted octanol–water partition coefficient (Wildman–Crippen LogP) is 3.67. The average molecular weight is 336 g/mol. The number of carbonyl (C=O) groups excluding carboxylic acids is 1. The Labute approximate surface area is 146 Å². The van der Waals surface area contributed by atoms with Gasteiger partial charge >= 0.3 is 0 Å². The number of aromatic nitrogens is 2. The Balaban J connectivity index is 1.74. The van der Waals surface area contributed by atoms with Gasteiger partial charge in [-0.1, -0.05) is 17.7 Å². The maximum absolute atomic E-state index is 12.3. The number of carbonyl (C=O) groups is 1. The van der Waals surface area contributed by atoms with Gasteiger partial charge in [-0.05, 0) is 50.1 Å². The topological polar surface area (TPSA) is 80.0 Å². The van der Waals surface area contributed by atoms with Gasteiger partial charge in [-0.15, -0.1) is 0 Å². The molecule has 0 bridgehead atoms. The monoisotopic (exact) mass is 336 g/mol. The van der Waals surface area contributed by atoms with Crippen molar-refractivity contribution in [2.45, 2.75) is 27.3 Å². The molecule has 6 heteroatoms. The first kappa shape index (κ1) is 16.7. The van der Waals surface area contributed by atoms with Crippen molar-refractivity contribution in [1.29, 1.82) is 0 Å². The second-order valence-electron chi connectivity index (χ2n) is 5.93. The molecule has 0 fully saturated rings. The summed E-state index contributed by atoms with van der Waals surface area (Å²) in [5, 5.41) is 5.98. The number of benzene rings is 1. The molecule has 2 N–H and O–H groups in total. The zero-order valence-corrected chi connectivity index (χ0v) is 14.5. The van der Waals surface area contributed by atoms with Crippen molar-refractivity contribution in [2.75, 3.05) is 5.32 Å². The molecule has 0 spiro atoms. The van der Waals surface area contributed by atoms with Gasteiger partial charge in [0, 0.05) is 11.9 Å². The van der Waals surface area contributed by atoms with E-state index >= 15 is 0 Å². The van der Waals surface area contributed by atoms with Crippen LogP contribution in [0.4, 0.5) is 11.6 Å². The lowest BCUT2D eigenvalue weighted by molar-refractivity contribution is 0.0943. The number of nitrogens with zero attached hydrogens (tertiary/aromatic N) is 2. The SMILES string of the molecule is Cc1cc(C)c(Nc2nccc(C(=O)NCc3ccco3)n2)c(C)c1. The summed E-state index contributed by atoms with van der Waals surface area (Å²) < 4.78 is 5.20. The highest BCUT2D eigenvalue weighted by Crippen LogP contribution is 2.24. The normalized spacial score (nSPS) is 10.5. The van der Waals surface area contributed by atoms with Gasteiger partial charge in [-0.25, -0.2) is 9.97 Å². The van der Waals surface area contributed by atoms with Crippen molar-refractivity contribution in [3.05, 3.63) is 70.9 Å². The minimum atomic E-state index is -0.279. The van der Waals surface area contributed by atoms with Gasteiger partial charge in [0.2, 0.25) is 5.95 Å². The van der Waals surface area contributed by atoms with E-state index in [4.69, 9.17) is 4.42 Å². The summed E-state index contributed by atoms with van der Waals surface area (Å²) in [6.45, 7) is 6.43. The molecule has 2 aromatic heterocycles. The maximum Gasteiger partial charge on any atom is 0.270 e. The van der Waals surface area contributed by atoms with E-state index in [0.29, 0.717) is 23.9 Å². The molecule has 0 aliphatic rings. The first-order valence-corrected chi connectivity index (χ1v) is 8.01. The van der Waals surface area contributed by atoms with Crippen LogP contribution in [0.25, 0.3) is 0 Å². The summed E-state index contributed by atoms with van der Waals surface area (Å²) >= 11 is 0. The van der Waals surface area contributed by atoms with E-state index in [9.17, 15) is 4.79 Å². The molecule has 1 amide bonds. The summed E-state index contributed by atoms with van der Waals surface area (Å²) in [6.07, 6.45) is 3.14. The van der Waals surface area contributed by atoms with E-state index in [1.165, 1.54) is 5.56 Å². The van der Waals surface area contributed by atoms with Gasteiger partial charge in [0.15, 0.2) is 0 Å². The number of amides is 1. The number of aryl methyl sites for hydroxylation is 3. The highest BCUT2D eigenvalue weighted by Gasteiger charge is 2.11. The molecular weight excluding hydrogens is 316 g/mol. The average Bonchev–Trinajstić information content (AvgIpc) is 3.10. The van der Waals surface area contributed by atoms with Gasteiger partial charge in [-0.2, -0.15) is 0 Å². The molecule has 1 aromatic carbocycles. The van der Waals surface area contributed by atoms with Crippen LogP contribution in [0.5, 0.6) is 0 Å². The number of furan rings is 1. The van der Waals surface area contributed by atoms with Crippen molar-refractivity contribution < 1.29 is 9.21 Å². The van der Waals surface area contributed by atoms with Crippen LogP contribution in [0.15, 0.2) is 47.2 Å². The van der Waals surface area contributed by atoms with Crippen LogP contribution in [0, 0.1) is 20.8 Å². The molecule has 0 saturated carbocycles. The molecule has 0 aliphatic carbocycles. The third-order valence-electron chi connectivity index (χ3n) is 3.81. The molecule has 6 nitrogen and oxygen atoms in total. The fourth-order valence-corrected chi connectivity index (χ4v) is 2.71. The van der Waals surface area contributed by atoms with Gasteiger partial charge in [-0.3, -0.25) is 4.79 Å². The van der Waals surface area contributed by atoms with Crippen LogP contribution in [0.1, 0.15) is 32.9 Å². The number of anilines is 2. The van der Waals surface area contributed by atoms with E-state index in [2.05, 4.69) is 39.7 Å². The Morgan fingerprint density at radius 2 is 1.92 bits per heavy atom. The minimum Gasteiger partial charge on any atom is -0.467 e. The molecule has 0 unspecified atom stereocenters. The van der Waals surface area contributed by atoms with Crippen molar-refractivity contribution in [3.8, 4) is 0 Å². The minimum absolute atomic E-state index is 0.279. The first-order chi connectivity index (χ1) is 12.0. The maximum atomic E-state index is 12.3. The lowest BCUT2D eigenvalue weighted by atomic mass is 10.1. The quantitative estimate of drug-likeness (QED) is 0.743. The number of rotatable bonds is 5. The van der Waals surface area contributed by atoms with Crippen molar-refractivity contribution in [3.63, 3.8) is 0 Å². The highest BCUT2D eigenvalue weighted by atomic mass is 16.3. The number of nitrogens with one attached hydrogen (secondary N) is 2. The van der Waals surface area contributed by atoms with E-state index in [-0.39, 0.29) is 5.91 Å². The summed E-state index contributed by atoms with van der Waals surface area (Å²) in [6, 6.07) is 9.35. The standard InChI is InChI=1S/C19H20N4O2/c1-12-9-13(2)17(14(3)10-12)23-19-20-7-6-16(22-19)18(24)21-11-15-5-4-8-25-15/h4-10H,11H2,1-3H3,(H,21,24)(H,20,22,23). The van der Waals surface area contributed by atoms with Crippen LogP contribution in [-0.2, 0) is 6.54 Å². The third-order valence-corrected chi connectivity index (χ3v) is 3.81. The molecule has 0 aliphatic heterocycles. The van der Waals surface area contributed by atoms with Gasteiger partial charge in [0.1, 0.15) is 11.5 Å². The van der Waals surface area contributed by atoms with Crippen molar-refractivity contribution in [1.82, 2.24) is 15.3 Å². The first-order valence-electron chi connectivity index (χ1n) is 8.01. The van der Waals surface area contributed by atoms with Crippen LogP contribution in [-0.4, -0.2) is 15.9 Å². The van der Waals surface area contributed by atoms with Crippen LogP contribution in [0.3, 0.4) is 0 Å². The zero-order valence-electron chi connectivity index (χ0n) is 14.5. The molecule has 3 aromatic rings. The van der Waals surface area contributed by atoms with E-state index in [0.717, 1.165) is 16.8 Å². The summed E-state index contributed by atoms with van der Waals surface area (Å²) in [5.41, 5.74) is 4.67. The van der Waals surface area contributed by atoms with E-state index in [1.807, 2.05) is 13.8 Å². The largest absolute Gasteiger partial charge is 0.467 e. The van der Waals surface area contributed by atoms with Crippen LogP contribution in [0.2, 0.25) is 0 Å². The smallest absolute Gasteiger partial charge is 0.270 e. The molecular formula is C19H20N4O2. The number of hydrogen-bond acceptors (Lipinski definition) is 5. The second kappa shape index (κ2) is 7.17. The molecule has 3 rings (SSSR count). The fraction of sp³-hybridized carbons (Fsp3) is 0.211. The van der Waals surface area contributed by atoms with Crippen LogP contribution < -0.4 is 10.6 Å². The Morgan fingerprint density at radius 3 is 2.60 bits per heavy atom. The Morgan fingerprint density at radius 1 is 1.16 bits per heavy atom. The molecule has 0 radical (unpaired) electrons. The lowest BCUT2D eigenvalue weighted by Gasteiger charge is -2.13. The summed E-state index contributed by atoms with van der Waals surface area (Å²) in [4.78, 5) is 20.8. The zero-order chi connectivity index (χ0) is 17.8. The molecule has 0 saturated heterocycles. The predicted molar refractivity (Wildman–Crippen MR) is 95.8 cm³/mol. The van der Waals surface area contributed by atoms with E-state index < -0.39 is 0 Å². The lowest BCUT2D eigenvalue weighted by Crippen LogP contribution is -2.24. The van der Waals surface area contributed by atoms with E-state index in [1.54, 1.807) is 30.7 Å². The fourth-order valence-electron chi connectivity index (χ4n) is 2.71. The van der Waals surface area contributed by atoms with Crippen LogP contribution >= 0.6 is 0 Å². The number of hydrogen-bond donors (Lipinski definition) is 2. The Bertz CT molecular complexity index is 865. The molecule has 2 heterocycles. The molecule has 128 valence electrons. The van der Waals surface area contributed by atoms with Gasteiger partial charge in [0.25, 0.3) is 5.91 Å². The summed E-state index contributed by atoms with van der Waals surface area (Å²) in [7, 11) is 0. The molecule has 25 heavy (non-hydrogen) atoms. The third kappa shape index (κ3) is 4.03. The summed E-state index contributed by atoms with van der Waals surface area (Å²) in [5.74, 6) is 0.798. The van der Waals surface area contributed by atoms with Crippen molar-refractivity contribution >= 4 is 17.5 Å². The Kier molecular flexibility index (Phi) is 4.79. The second-order valence-corrected chi connectivity index (χ2v) is 5.93. The van der Waals surface area contributed by atoms with Crippen molar-refractivity contribution in [2.24, 2.45) is 0 Å². The highest BCUT2D eigenvalue weighted by molar-refractivity contribution is 5.92. The van der Waals surface area contributed by atoms with Gasteiger partial charge in [0.05, 0.1) is 12.8 Å². The Hall–Kier alpha value is -3.15. The molecule has 0 atom stereocenters. The van der Waals surface area contributed by atoms with Gasteiger partial charge < -0.3 is 15.1 Å².